The Labute approximate surface area is 77.4 Å². The molecule has 0 spiro atoms. The highest BCUT2D eigenvalue weighted by Crippen LogP contribution is 2.12. The molecule has 0 saturated carbocycles. The van der Waals surface area contributed by atoms with Gasteiger partial charge in [-0.25, -0.2) is 0 Å². The first-order chi connectivity index (χ1) is 5.72. The van der Waals surface area contributed by atoms with Gasteiger partial charge in [0.05, 0.1) is 0 Å². The summed E-state index contributed by atoms with van der Waals surface area (Å²) in [7, 11) is 0. The van der Waals surface area contributed by atoms with Gasteiger partial charge in [0, 0.05) is 10.9 Å². The van der Waals surface area contributed by atoms with Crippen LogP contribution in [0.5, 0.6) is 0 Å². The molecule has 0 bridgehead atoms. The number of hydrogen-bond donors (Lipinski definition) is 0. The Bertz CT molecular complexity index is 253. The summed E-state index contributed by atoms with van der Waals surface area (Å²) in [6.07, 6.45) is 1.76. The predicted molar refractivity (Wildman–Crippen MR) is 50.4 cm³/mol. The van der Waals surface area contributed by atoms with Gasteiger partial charge in [0.1, 0.15) is 6.29 Å². The minimum absolute atomic E-state index is 0.0891. The molecule has 0 saturated heterocycles. The van der Waals surface area contributed by atoms with Crippen LogP contribution in [0.3, 0.4) is 0 Å². The molecule has 1 unspecified atom stereocenters. The van der Waals surface area contributed by atoms with E-state index in [4.69, 9.17) is 11.6 Å². The number of carbonyl (C=O) groups is 1. The lowest BCUT2D eigenvalue weighted by Gasteiger charge is -2.02. The van der Waals surface area contributed by atoms with E-state index in [1.54, 1.807) is 0 Å². The number of aldehydes is 1. The molecular weight excluding hydrogens is 172 g/mol. The van der Waals surface area contributed by atoms with Crippen molar-refractivity contribution in [3.8, 4) is 0 Å². The van der Waals surface area contributed by atoms with Crippen LogP contribution in [0.15, 0.2) is 24.3 Å². The first-order valence-electron chi connectivity index (χ1n) is 3.92. The van der Waals surface area contributed by atoms with Crippen molar-refractivity contribution in [2.75, 3.05) is 0 Å². The Hall–Kier alpha value is -0.820. The van der Waals surface area contributed by atoms with Gasteiger partial charge in [0.25, 0.3) is 0 Å². The average molecular weight is 183 g/mol. The summed E-state index contributed by atoms with van der Waals surface area (Å²) in [6, 6.07) is 7.58. The third kappa shape index (κ3) is 2.67. The molecule has 0 amide bonds. The van der Waals surface area contributed by atoms with Crippen molar-refractivity contribution in [1.29, 1.82) is 0 Å². The Morgan fingerprint density at radius 1 is 1.42 bits per heavy atom. The molecule has 1 nitrogen and oxygen atoms in total. The molecule has 2 heteroatoms. The van der Waals surface area contributed by atoms with E-state index in [9.17, 15) is 4.79 Å². The Balaban J connectivity index is 2.64. The summed E-state index contributed by atoms with van der Waals surface area (Å²) in [4.78, 5) is 10.4. The molecule has 0 fully saturated rings. The highest BCUT2D eigenvalue weighted by Gasteiger charge is 2.00. The number of hydrogen-bond acceptors (Lipinski definition) is 1. The van der Waals surface area contributed by atoms with Crippen molar-refractivity contribution in [3.63, 3.8) is 0 Å². The summed E-state index contributed by atoms with van der Waals surface area (Å²) in [5.41, 5.74) is 1.15. The molecule has 0 N–H and O–H groups in total. The van der Waals surface area contributed by atoms with Crippen LogP contribution in [-0.2, 0) is 11.2 Å². The summed E-state index contributed by atoms with van der Waals surface area (Å²) < 4.78 is 0. The van der Waals surface area contributed by atoms with Gasteiger partial charge < -0.3 is 4.79 Å². The molecule has 0 aliphatic rings. The smallest absolute Gasteiger partial charge is 0.123 e. The van der Waals surface area contributed by atoms with E-state index < -0.39 is 0 Å². The fourth-order valence-electron chi connectivity index (χ4n) is 1.04. The van der Waals surface area contributed by atoms with Crippen molar-refractivity contribution in [1.82, 2.24) is 0 Å². The van der Waals surface area contributed by atoms with E-state index in [1.807, 2.05) is 31.2 Å². The van der Waals surface area contributed by atoms with Gasteiger partial charge in [0.2, 0.25) is 0 Å². The molecule has 64 valence electrons. The normalized spacial score (nSPS) is 12.5. The summed E-state index contributed by atoms with van der Waals surface area (Å²) in [5, 5.41) is 0.734. The molecule has 12 heavy (non-hydrogen) atoms. The van der Waals surface area contributed by atoms with Gasteiger partial charge in [-0.1, -0.05) is 30.7 Å². The van der Waals surface area contributed by atoms with E-state index in [0.717, 1.165) is 23.3 Å². The zero-order chi connectivity index (χ0) is 8.97. The molecule has 0 aliphatic heterocycles. The van der Waals surface area contributed by atoms with Crippen LogP contribution < -0.4 is 0 Å². The van der Waals surface area contributed by atoms with E-state index in [1.165, 1.54) is 0 Å². The van der Waals surface area contributed by atoms with Crippen molar-refractivity contribution in [2.24, 2.45) is 5.92 Å². The van der Waals surface area contributed by atoms with Crippen molar-refractivity contribution in [3.05, 3.63) is 34.9 Å². The highest BCUT2D eigenvalue weighted by atomic mass is 35.5. The maximum absolute atomic E-state index is 10.4. The van der Waals surface area contributed by atoms with Crippen molar-refractivity contribution in [2.45, 2.75) is 13.3 Å². The Morgan fingerprint density at radius 3 is 2.50 bits per heavy atom. The maximum atomic E-state index is 10.4. The SMILES string of the molecule is CC(C=O)Cc1ccc(Cl)cc1. The van der Waals surface area contributed by atoms with E-state index in [2.05, 4.69) is 0 Å². The van der Waals surface area contributed by atoms with Gasteiger partial charge in [-0.3, -0.25) is 0 Å². The first kappa shape index (κ1) is 9.27. The fraction of sp³-hybridized carbons (Fsp3) is 0.300. The van der Waals surface area contributed by atoms with Crippen LogP contribution in [-0.4, -0.2) is 6.29 Å². The molecule has 1 atom stereocenters. The van der Waals surface area contributed by atoms with Gasteiger partial charge >= 0.3 is 0 Å². The van der Waals surface area contributed by atoms with Crippen LogP contribution >= 0.6 is 11.6 Å². The monoisotopic (exact) mass is 182 g/mol. The van der Waals surface area contributed by atoms with Gasteiger partial charge in [0.15, 0.2) is 0 Å². The van der Waals surface area contributed by atoms with Crippen LogP contribution in [0, 0.1) is 5.92 Å². The van der Waals surface area contributed by atoms with Crippen LogP contribution in [0.1, 0.15) is 12.5 Å². The minimum atomic E-state index is 0.0891. The van der Waals surface area contributed by atoms with Crippen molar-refractivity contribution >= 4 is 17.9 Å². The third-order valence-electron chi connectivity index (χ3n) is 1.70. The van der Waals surface area contributed by atoms with Crippen LogP contribution in [0.4, 0.5) is 0 Å². The third-order valence-corrected chi connectivity index (χ3v) is 1.96. The molecule has 0 aromatic heterocycles. The summed E-state index contributed by atoms with van der Waals surface area (Å²) >= 11 is 5.71. The maximum Gasteiger partial charge on any atom is 0.123 e. The Kier molecular flexibility index (Phi) is 3.30. The predicted octanol–water partition coefficient (Wildman–Crippen LogP) is 2.72. The molecular formula is C10H11ClO. The van der Waals surface area contributed by atoms with Gasteiger partial charge in [-0.2, -0.15) is 0 Å². The highest BCUT2D eigenvalue weighted by molar-refractivity contribution is 6.30. The molecule has 0 radical (unpaired) electrons. The first-order valence-corrected chi connectivity index (χ1v) is 4.30. The van der Waals surface area contributed by atoms with Gasteiger partial charge in [-0.05, 0) is 24.1 Å². The largest absolute Gasteiger partial charge is 0.303 e. The molecule has 1 aromatic rings. The number of benzene rings is 1. The van der Waals surface area contributed by atoms with Crippen LogP contribution in [0.2, 0.25) is 5.02 Å². The molecule has 0 aliphatic carbocycles. The molecule has 1 aromatic carbocycles. The fourth-order valence-corrected chi connectivity index (χ4v) is 1.17. The minimum Gasteiger partial charge on any atom is -0.303 e. The quantitative estimate of drug-likeness (QED) is 0.657. The van der Waals surface area contributed by atoms with Crippen LogP contribution in [0.25, 0.3) is 0 Å². The molecule has 0 heterocycles. The lowest BCUT2D eigenvalue weighted by atomic mass is 10.0. The second-order valence-electron chi connectivity index (χ2n) is 2.94. The van der Waals surface area contributed by atoms with Crippen molar-refractivity contribution < 1.29 is 4.79 Å². The second kappa shape index (κ2) is 4.27. The number of rotatable bonds is 3. The average Bonchev–Trinajstić information content (AvgIpc) is 2.09. The zero-order valence-electron chi connectivity index (χ0n) is 6.96. The van der Waals surface area contributed by atoms with E-state index in [0.29, 0.717) is 0 Å². The van der Waals surface area contributed by atoms with E-state index in [-0.39, 0.29) is 5.92 Å². The second-order valence-corrected chi connectivity index (χ2v) is 3.38. The molecule has 1 rings (SSSR count). The zero-order valence-corrected chi connectivity index (χ0v) is 7.71. The van der Waals surface area contributed by atoms with E-state index >= 15 is 0 Å². The number of carbonyl (C=O) groups excluding carboxylic acids is 1. The topological polar surface area (TPSA) is 17.1 Å². The lowest BCUT2D eigenvalue weighted by Crippen LogP contribution is -1.99. The van der Waals surface area contributed by atoms with Gasteiger partial charge in [-0.15, -0.1) is 0 Å². The Morgan fingerprint density at radius 2 is 2.00 bits per heavy atom. The standard InChI is InChI=1S/C10H11ClO/c1-8(7-12)6-9-2-4-10(11)5-3-9/h2-5,7-8H,6H2,1H3. The summed E-state index contributed by atoms with van der Waals surface area (Å²) in [5.74, 6) is 0.0891. The lowest BCUT2D eigenvalue weighted by molar-refractivity contribution is -0.110. The number of halogens is 1. The summed E-state index contributed by atoms with van der Waals surface area (Å²) in [6.45, 7) is 1.90.